The van der Waals surface area contributed by atoms with E-state index < -0.39 is 0 Å². The molecule has 2 aromatic carbocycles. The Hall–Kier alpha value is -3.38. The second kappa shape index (κ2) is 8.40. The van der Waals surface area contributed by atoms with E-state index in [1.807, 2.05) is 16.6 Å². The molecular formula is C25H27N5O. The molecule has 0 atom stereocenters. The van der Waals surface area contributed by atoms with Gasteiger partial charge in [0.05, 0.1) is 18.9 Å². The van der Waals surface area contributed by atoms with Gasteiger partial charge in [-0.15, -0.1) is 5.10 Å². The summed E-state index contributed by atoms with van der Waals surface area (Å²) in [5, 5.41) is 8.06. The molecular weight excluding hydrogens is 386 g/mol. The van der Waals surface area contributed by atoms with E-state index in [1.165, 1.54) is 11.3 Å². The number of benzene rings is 2. The van der Waals surface area contributed by atoms with Crippen molar-refractivity contribution in [2.75, 3.05) is 36.5 Å². The Morgan fingerprint density at radius 2 is 1.65 bits per heavy atom. The van der Waals surface area contributed by atoms with Gasteiger partial charge in [0.2, 0.25) is 5.95 Å². The average molecular weight is 414 g/mol. The summed E-state index contributed by atoms with van der Waals surface area (Å²) < 4.78 is 7.34. The van der Waals surface area contributed by atoms with Gasteiger partial charge in [-0.2, -0.15) is 4.98 Å². The van der Waals surface area contributed by atoms with Gasteiger partial charge in [0.1, 0.15) is 0 Å². The third-order valence-corrected chi connectivity index (χ3v) is 5.73. The summed E-state index contributed by atoms with van der Waals surface area (Å²) in [7, 11) is 0. The second-order valence-corrected chi connectivity index (χ2v) is 8.16. The molecule has 1 saturated heterocycles. The summed E-state index contributed by atoms with van der Waals surface area (Å²) in [6, 6.07) is 23.2. The monoisotopic (exact) mass is 413 g/mol. The first-order valence-corrected chi connectivity index (χ1v) is 10.8. The van der Waals surface area contributed by atoms with E-state index >= 15 is 0 Å². The van der Waals surface area contributed by atoms with Crippen molar-refractivity contribution in [1.29, 1.82) is 0 Å². The molecule has 0 bridgehead atoms. The van der Waals surface area contributed by atoms with Crippen LogP contribution in [0.4, 0.5) is 17.3 Å². The van der Waals surface area contributed by atoms with Gasteiger partial charge in [0.25, 0.3) is 0 Å². The fraction of sp³-hybridized carbons (Fsp3) is 0.280. The number of pyridine rings is 1. The van der Waals surface area contributed by atoms with Crippen LogP contribution < -0.4 is 10.2 Å². The van der Waals surface area contributed by atoms with Crippen molar-refractivity contribution in [3.8, 4) is 11.3 Å². The molecule has 1 N–H and O–H groups in total. The minimum Gasteiger partial charge on any atom is -0.378 e. The van der Waals surface area contributed by atoms with E-state index in [0.29, 0.717) is 11.9 Å². The number of aromatic nitrogens is 3. The molecule has 0 unspecified atom stereocenters. The lowest BCUT2D eigenvalue weighted by Crippen LogP contribution is -2.36. The molecule has 0 amide bonds. The van der Waals surface area contributed by atoms with E-state index in [4.69, 9.17) is 9.84 Å². The molecule has 2 aromatic heterocycles. The number of nitrogens with one attached hydrogen (secondary N) is 1. The highest BCUT2D eigenvalue weighted by Gasteiger charge is 2.12. The predicted molar refractivity (Wildman–Crippen MR) is 125 cm³/mol. The topological polar surface area (TPSA) is 54.7 Å². The number of morpholine rings is 1. The SMILES string of the molecule is CC(C)c1ccc(-c2cccc3nc(Nc4ccc(N5CCOCC5)cc4)nn23)cc1. The summed E-state index contributed by atoms with van der Waals surface area (Å²) in [5.74, 6) is 1.10. The van der Waals surface area contributed by atoms with Crippen molar-refractivity contribution >= 4 is 23.0 Å². The fourth-order valence-corrected chi connectivity index (χ4v) is 3.92. The van der Waals surface area contributed by atoms with Crippen LogP contribution >= 0.6 is 0 Å². The first kappa shape index (κ1) is 19.6. The summed E-state index contributed by atoms with van der Waals surface area (Å²) in [6.07, 6.45) is 0. The van der Waals surface area contributed by atoms with Crippen LogP contribution in [0.15, 0.2) is 66.7 Å². The van der Waals surface area contributed by atoms with E-state index in [9.17, 15) is 0 Å². The lowest BCUT2D eigenvalue weighted by atomic mass is 10.0. The van der Waals surface area contributed by atoms with Crippen LogP contribution in [0.1, 0.15) is 25.3 Å². The lowest BCUT2D eigenvalue weighted by Gasteiger charge is -2.28. The first-order chi connectivity index (χ1) is 15.2. The Bertz CT molecular complexity index is 1160. The first-order valence-electron chi connectivity index (χ1n) is 10.8. The lowest BCUT2D eigenvalue weighted by molar-refractivity contribution is 0.122. The van der Waals surface area contributed by atoms with Crippen molar-refractivity contribution < 1.29 is 4.74 Å². The summed E-state index contributed by atoms with van der Waals surface area (Å²) in [6.45, 7) is 7.85. The third kappa shape index (κ3) is 4.11. The number of ether oxygens (including phenoxy) is 1. The van der Waals surface area contributed by atoms with Crippen LogP contribution in [0.2, 0.25) is 0 Å². The normalized spacial score (nSPS) is 14.4. The van der Waals surface area contributed by atoms with Crippen LogP contribution in [-0.4, -0.2) is 40.9 Å². The van der Waals surface area contributed by atoms with Gasteiger partial charge in [-0.1, -0.05) is 44.2 Å². The van der Waals surface area contributed by atoms with Gasteiger partial charge in [0.15, 0.2) is 5.65 Å². The highest BCUT2D eigenvalue weighted by atomic mass is 16.5. The van der Waals surface area contributed by atoms with Crippen molar-refractivity contribution in [3.63, 3.8) is 0 Å². The Kier molecular flexibility index (Phi) is 5.30. The third-order valence-electron chi connectivity index (χ3n) is 5.73. The second-order valence-electron chi connectivity index (χ2n) is 8.16. The van der Waals surface area contributed by atoms with E-state index in [2.05, 4.69) is 83.6 Å². The smallest absolute Gasteiger partial charge is 0.247 e. The molecule has 158 valence electrons. The Labute approximate surface area is 182 Å². The molecule has 4 aromatic rings. The number of anilines is 3. The van der Waals surface area contributed by atoms with Crippen LogP contribution in [-0.2, 0) is 4.74 Å². The molecule has 31 heavy (non-hydrogen) atoms. The Balaban J connectivity index is 1.38. The minimum atomic E-state index is 0.515. The molecule has 1 aliphatic heterocycles. The number of nitrogens with zero attached hydrogens (tertiary/aromatic N) is 4. The van der Waals surface area contributed by atoms with E-state index in [-0.39, 0.29) is 0 Å². The number of hydrogen-bond donors (Lipinski definition) is 1. The van der Waals surface area contributed by atoms with Crippen molar-refractivity contribution in [1.82, 2.24) is 14.6 Å². The zero-order valence-corrected chi connectivity index (χ0v) is 18.0. The summed E-state index contributed by atoms with van der Waals surface area (Å²) in [5.41, 5.74) is 6.48. The van der Waals surface area contributed by atoms with Gasteiger partial charge < -0.3 is 15.0 Å². The zero-order valence-electron chi connectivity index (χ0n) is 18.0. The van der Waals surface area contributed by atoms with Crippen molar-refractivity contribution in [2.45, 2.75) is 19.8 Å². The van der Waals surface area contributed by atoms with Gasteiger partial charge in [-0.25, -0.2) is 4.52 Å². The van der Waals surface area contributed by atoms with E-state index in [0.717, 1.165) is 48.9 Å². The highest BCUT2D eigenvalue weighted by molar-refractivity contribution is 5.65. The number of fused-ring (bicyclic) bond motifs is 1. The minimum absolute atomic E-state index is 0.515. The highest BCUT2D eigenvalue weighted by Crippen LogP contribution is 2.25. The van der Waals surface area contributed by atoms with Crippen LogP contribution in [0, 0.1) is 0 Å². The maximum Gasteiger partial charge on any atom is 0.247 e. The molecule has 0 aliphatic carbocycles. The van der Waals surface area contributed by atoms with Gasteiger partial charge >= 0.3 is 0 Å². The quantitative estimate of drug-likeness (QED) is 0.493. The Morgan fingerprint density at radius 3 is 2.35 bits per heavy atom. The maximum atomic E-state index is 5.44. The standard InChI is InChI=1S/C25H27N5O/c1-18(2)19-6-8-20(9-7-19)23-4-3-5-24-27-25(28-30(23)24)26-21-10-12-22(13-11-21)29-14-16-31-17-15-29/h3-13,18H,14-17H2,1-2H3,(H,26,28). The largest absolute Gasteiger partial charge is 0.378 e. The zero-order chi connectivity index (χ0) is 21.2. The Morgan fingerprint density at radius 1 is 0.903 bits per heavy atom. The molecule has 1 fully saturated rings. The fourth-order valence-electron chi connectivity index (χ4n) is 3.92. The molecule has 5 rings (SSSR count). The van der Waals surface area contributed by atoms with Crippen LogP contribution in [0.25, 0.3) is 16.9 Å². The molecule has 0 saturated carbocycles. The van der Waals surface area contributed by atoms with Crippen molar-refractivity contribution in [2.24, 2.45) is 0 Å². The molecule has 6 heteroatoms. The van der Waals surface area contributed by atoms with Crippen LogP contribution in [0.5, 0.6) is 0 Å². The van der Waals surface area contributed by atoms with Crippen LogP contribution in [0.3, 0.4) is 0 Å². The molecule has 0 spiro atoms. The predicted octanol–water partition coefficient (Wildman–Crippen LogP) is 5.10. The molecule has 1 aliphatic rings. The number of hydrogen-bond acceptors (Lipinski definition) is 5. The molecule has 6 nitrogen and oxygen atoms in total. The summed E-state index contributed by atoms with van der Waals surface area (Å²) >= 11 is 0. The average Bonchev–Trinajstić information content (AvgIpc) is 3.23. The number of rotatable bonds is 5. The summed E-state index contributed by atoms with van der Waals surface area (Å²) in [4.78, 5) is 7.01. The molecule has 3 heterocycles. The van der Waals surface area contributed by atoms with E-state index in [1.54, 1.807) is 0 Å². The van der Waals surface area contributed by atoms with Gasteiger partial charge in [0, 0.05) is 30.0 Å². The van der Waals surface area contributed by atoms with Gasteiger partial charge in [-0.3, -0.25) is 0 Å². The maximum absolute atomic E-state index is 5.44. The van der Waals surface area contributed by atoms with Gasteiger partial charge in [-0.05, 0) is 47.9 Å². The van der Waals surface area contributed by atoms with Crippen molar-refractivity contribution in [3.05, 3.63) is 72.3 Å². The molecule has 0 radical (unpaired) electrons.